The van der Waals surface area contributed by atoms with Gasteiger partial charge in [-0.05, 0) is 48.4 Å². The second-order valence-electron chi connectivity index (χ2n) is 5.40. The lowest BCUT2D eigenvalue weighted by Crippen LogP contribution is -2.42. The number of hydrogen-bond acceptors (Lipinski definition) is 4. The minimum Gasteiger partial charge on any atom is -0.497 e. The Bertz CT molecular complexity index is 696. The molecule has 6 nitrogen and oxygen atoms in total. The molecule has 0 atom stereocenters. The molecule has 2 N–H and O–H groups in total. The fourth-order valence-corrected chi connectivity index (χ4v) is 2.09. The molecule has 0 aromatic heterocycles. The zero-order valence-electron chi connectivity index (χ0n) is 14.4. The number of hydrogen-bond donors (Lipinski definition) is 2. The van der Waals surface area contributed by atoms with Crippen molar-refractivity contribution < 1.29 is 19.1 Å². The van der Waals surface area contributed by atoms with Crippen molar-refractivity contribution in [3.05, 3.63) is 59.7 Å². The summed E-state index contributed by atoms with van der Waals surface area (Å²) in [6.07, 6.45) is 1.08. The molecule has 0 aliphatic carbocycles. The highest BCUT2D eigenvalue weighted by Crippen LogP contribution is 2.13. The van der Waals surface area contributed by atoms with Gasteiger partial charge in [0.2, 0.25) is 5.91 Å². The van der Waals surface area contributed by atoms with Crippen LogP contribution in [0.25, 0.3) is 0 Å². The standard InChI is InChI=1S/C19H22N2O4/c1-3-12-25-17-10-6-15(7-11-17)19(23)21-20-18(22)13-14-4-8-16(24-2)9-5-14/h4-11H,3,12-13H2,1-2H3,(H,20,22)(H,21,23). The first-order chi connectivity index (χ1) is 12.1. The second kappa shape index (κ2) is 9.32. The van der Waals surface area contributed by atoms with Gasteiger partial charge in [-0.2, -0.15) is 0 Å². The lowest BCUT2D eigenvalue weighted by Gasteiger charge is -2.09. The predicted molar refractivity (Wildman–Crippen MR) is 94.5 cm³/mol. The molecular formula is C19H22N2O4. The molecule has 2 amide bonds. The maximum atomic E-state index is 12.0. The minimum atomic E-state index is -0.384. The molecule has 132 valence electrons. The quantitative estimate of drug-likeness (QED) is 0.758. The summed E-state index contributed by atoms with van der Waals surface area (Å²) in [5.74, 6) is 0.748. The van der Waals surface area contributed by atoms with Crippen LogP contribution in [0.4, 0.5) is 0 Å². The summed E-state index contributed by atoms with van der Waals surface area (Å²) in [7, 11) is 1.58. The maximum absolute atomic E-state index is 12.0. The van der Waals surface area contributed by atoms with Crippen LogP contribution >= 0.6 is 0 Å². The number of amides is 2. The number of methoxy groups -OCH3 is 1. The third-order valence-electron chi connectivity index (χ3n) is 3.43. The Labute approximate surface area is 147 Å². The SMILES string of the molecule is CCCOc1ccc(C(=O)NNC(=O)Cc2ccc(OC)cc2)cc1. The van der Waals surface area contributed by atoms with E-state index in [4.69, 9.17) is 9.47 Å². The van der Waals surface area contributed by atoms with Crippen molar-refractivity contribution >= 4 is 11.8 Å². The van der Waals surface area contributed by atoms with Crippen LogP contribution in [-0.2, 0) is 11.2 Å². The molecule has 0 heterocycles. The van der Waals surface area contributed by atoms with Crippen LogP contribution in [0, 0.1) is 0 Å². The van der Waals surface area contributed by atoms with Gasteiger partial charge in [0.05, 0.1) is 20.1 Å². The van der Waals surface area contributed by atoms with Gasteiger partial charge in [-0.1, -0.05) is 19.1 Å². The summed E-state index contributed by atoms with van der Waals surface area (Å²) in [6, 6.07) is 13.9. The van der Waals surface area contributed by atoms with Gasteiger partial charge in [-0.15, -0.1) is 0 Å². The lowest BCUT2D eigenvalue weighted by atomic mass is 10.1. The molecule has 2 rings (SSSR count). The molecule has 0 saturated carbocycles. The highest BCUT2D eigenvalue weighted by Gasteiger charge is 2.08. The first kappa shape index (κ1) is 18.3. The topological polar surface area (TPSA) is 76.7 Å². The minimum absolute atomic E-state index is 0.161. The summed E-state index contributed by atoms with van der Waals surface area (Å²) < 4.78 is 10.5. The van der Waals surface area contributed by atoms with Gasteiger partial charge in [0.25, 0.3) is 5.91 Å². The average Bonchev–Trinajstić information content (AvgIpc) is 2.65. The Hall–Kier alpha value is -3.02. The van der Waals surface area contributed by atoms with E-state index < -0.39 is 0 Å². The smallest absolute Gasteiger partial charge is 0.269 e. The van der Waals surface area contributed by atoms with E-state index in [1.807, 2.05) is 6.92 Å². The van der Waals surface area contributed by atoms with E-state index in [0.717, 1.165) is 17.7 Å². The zero-order valence-corrected chi connectivity index (χ0v) is 14.4. The Balaban J connectivity index is 1.81. The van der Waals surface area contributed by atoms with E-state index in [1.54, 1.807) is 55.6 Å². The average molecular weight is 342 g/mol. The molecule has 0 fully saturated rings. The van der Waals surface area contributed by atoms with Crippen LogP contribution in [-0.4, -0.2) is 25.5 Å². The molecule has 0 aliphatic heterocycles. The van der Waals surface area contributed by atoms with E-state index in [0.29, 0.717) is 17.9 Å². The van der Waals surface area contributed by atoms with Crippen LogP contribution in [0.5, 0.6) is 11.5 Å². The van der Waals surface area contributed by atoms with Crippen molar-refractivity contribution in [2.45, 2.75) is 19.8 Å². The molecule has 2 aromatic rings. The van der Waals surface area contributed by atoms with Gasteiger partial charge >= 0.3 is 0 Å². The number of carbonyl (C=O) groups is 2. The van der Waals surface area contributed by atoms with Crippen molar-refractivity contribution in [1.29, 1.82) is 0 Å². The van der Waals surface area contributed by atoms with Gasteiger partial charge < -0.3 is 9.47 Å². The highest BCUT2D eigenvalue weighted by atomic mass is 16.5. The van der Waals surface area contributed by atoms with Crippen LogP contribution < -0.4 is 20.3 Å². The van der Waals surface area contributed by atoms with Crippen molar-refractivity contribution in [1.82, 2.24) is 10.9 Å². The van der Waals surface area contributed by atoms with Crippen LogP contribution in [0.3, 0.4) is 0 Å². The molecule has 0 bridgehead atoms. The molecular weight excluding hydrogens is 320 g/mol. The Kier molecular flexibility index (Phi) is 6.83. The zero-order chi connectivity index (χ0) is 18.1. The molecule has 6 heteroatoms. The Morgan fingerprint density at radius 3 is 2.16 bits per heavy atom. The number of ether oxygens (including phenoxy) is 2. The lowest BCUT2D eigenvalue weighted by molar-refractivity contribution is -0.121. The number of benzene rings is 2. The largest absolute Gasteiger partial charge is 0.497 e. The van der Waals surface area contributed by atoms with Crippen molar-refractivity contribution in [3.8, 4) is 11.5 Å². The molecule has 0 radical (unpaired) electrons. The number of nitrogens with one attached hydrogen (secondary N) is 2. The second-order valence-corrected chi connectivity index (χ2v) is 5.40. The molecule has 0 aliphatic rings. The van der Waals surface area contributed by atoms with Crippen LogP contribution in [0.15, 0.2) is 48.5 Å². The van der Waals surface area contributed by atoms with E-state index >= 15 is 0 Å². The van der Waals surface area contributed by atoms with Gasteiger partial charge in [0.1, 0.15) is 11.5 Å². The normalized spacial score (nSPS) is 10.0. The van der Waals surface area contributed by atoms with E-state index in [1.165, 1.54) is 0 Å². The van der Waals surface area contributed by atoms with Gasteiger partial charge in [0, 0.05) is 5.56 Å². The number of carbonyl (C=O) groups excluding carboxylic acids is 2. The maximum Gasteiger partial charge on any atom is 0.269 e. The monoisotopic (exact) mass is 342 g/mol. The molecule has 25 heavy (non-hydrogen) atoms. The summed E-state index contributed by atoms with van der Waals surface area (Å²) in [5.41, 5.74) is 6.07. The summed E-state index contributed by atoms with van der Waals surface area (Å²) in [4.78, 5) is 23.9. The first-order valence-electron chi connectivity index (χ1n) is 8.07. The molecule has 2 aromatic carbocycles. The predicted octanol–water partition coefficient (Wildman–Crippen LogP) is 2.49. The Morgan fingerprint density at radius 2 is 1.56 bits per heavy atom. The van der Waals surface area contributed by atoms with Gasteiger partial charge in [-0.3, -0.25) is 20.4 Å². The van der Waals surface area contributed by atoms with Crippen molar-refractivity contribution in [2.24, 2.45) is 0 Å². The molecule has 0 saturated heterocycles. The van der Waals surface area contributed by atoms with Gasteiger partial charge in [0.15, 0.2) is 0 Å². The third-order valence-corrected chi connectivity index (χ3v) is 3.43. The van der Waals surface area contributed by atoms with Crippen LogP contribution in [0.2, 0.25) is 0 Å². The van der Waals surface area contributed by atoms with E-state index in [2.05, 4.69) is 10.9 Å². The van der Waals surface area contributed by atoms with Crippen molar-refractivity contribution in [2.75, 3.05) is 13.7 Å². The fourth-order valence-electron chi connectivity index (χ4n) is 2.09. The number of hydrazine groups is 1. The van der Waals surface area contributed by atoms with E-state index in [-0.39, 0.29) is 18.2 Å². The fraction of sp³-hybridized carbons (Fsp3) is 0.263. The highest BCUT2D eigenvalue weighted by molar-refractivity contribution is 5.95. The number of rotatable bonds is 7. The Morgan fingerprint density at radius 1 is 0.920 bits per heavy atom. The third kappa shape index (κ3) is 5.84. The first-order valence-corrected chi connectivity index (χ1v) is 8.07. The van der Waals surface area contributed by atoms with Crippen molar-refractivity contribution in [3.63, 3.8) is 0 Å². The van der Waals surface area contributed by atoms with Gasteiger partial charge in [-0.25, -0.2) is 0 Å². The summed E-state index contributed by atoms with van der Waals surface area (Å²) in [5, 5.41) is 0. The molecule has 0 spiro atoms. The summed E-state index contributed by atoms with van der Waals surface area (Å²) >= 11 is 0. The summed E-state index contributed by atoms with van der Waals surface area (Å²) in [6.45, 7) is 2.66. The van der Waals surface area contributed by atoms with E-state index in [9.17, 15) is 9.59 Å². The van der Waals surface area contributed by atoms with Crippen LogP contribution in [0.1, 0.15) is 29.3 Å². The molecule has 0 unspecified atom stereocenters.